The lowest BCUT2D eigenvalue weighted by Gasteiger charge is -2.22. The molecule has 0 fully saturated rings. The molecule has 7 heteroatoms. The Morgan fingerprint density at radius 3 is 2.62 bits per heavy atom. The van der Waals surface area contributed by atoms with Gasteiger partial charge in [-0.3, -0.25) is 9.59 Å². The van der Waals surface area contributed by atoms with Gasteiger partial charge in [0.05, 0.1) is 17.3 Å². The second-order valence-electron chi connectivity index (χ2n) is 5.45. The van der Waals surface area contributed by atoms with Crippen molar-refractivity contribution < 1.29 is 14.7 Å². The van der Waals surface area contributed by atoms with Gasteiger partial charge in [0.25, 0.3) is 5.91 Å². The maximum atomic E-state index is 12.7. The molecule has 0 saturated heterocycles. The third kappa shape index (κ3) is 2.96. The fraction of sp³-hybridized carbons (Fsp3) is 0.176. The van der Waals surface area contributed by atoms with Gasteiger partial charge < -0.3 is 15.4 Å². The normalized spacial score (nSPS) is 13.4. The molecule has 0 unspecified atom stereocenters. The highest BCUT2D eigenvalue weighted by atomic mass is 16.4. The molecule has 3 aromatic rings. The average Bonchev–Trinajstić information content (AvgIpc) is 3.08. The molecule has 2 atom stereocenters. The summed E-state index contributed by atoms with van der Waals surface area (Å²) in [6.45, 7) is 1.56. The molecule has 1 aromatic carbocycles. The fourth-order valence-electron chi connectivity index (χ4n) is 2.56. The molecule has 24 heavy (non-hydrogen) atoms. The summed E-state index contributed by atoms with van der Waals surface area (Å²) in [5.74, 6) is -2.22. The smallest absolute Gasteiger partial charge is 0.308 e. The summed E-state index contributed by atoms with van der Waals surface area (Å²) < 4.78 is 0. The van der Waals surface area contributed by atoms with E-state index in [2.05, 4.69) is 20.3 Å². The number of hydrogen-bond donors (Lipinski definition) is 3. The Labute approximate surface area is 137 Å². The molecule has 0 spiro atoms. The monoisotopic (exact) mass is 324 g/mol. The number of fused-ring (bicyclic) bond motifs is 1. The van der Waals surface area contributed by atoms with Crippen molar-refractivity contribution >= 4 is 22.9 Å². The van der Waals surface area contributed by atoms with Gasteiger partial charge in [-0.1, -0.05) is 30.3 Å². The first-order valence-electron chi connectivity index (χ1n) is 7.44. The summed E-state index contributed by atoms with van der Waals surface area (Å²) in [4.78, 5) is 35.1. The maximum absolute atomic E-state index is 12.7. The van der Waals surface area contributed by atoms with Crippen LogP contribution in [0.15, 0.2) is 48.9 Å². The van der Waals surface area contributed by atoms with Gasteiger partial charge in [-0.25, -0.2) is 9.97 Å². The minimum absolute atomic E-state index is 0.208. The molecule has 0 radical (unpaired) electrons. The summed E-state index contributed by atoms with van der Waals surface area (Å²) in [6, 6.07) is 10.1. The third-order valence-corrected chi connectivity index (χ3v) is 3.90. The Kier molecular flexibility index (Phi) is 4.24. The third-order valence-electron chi connectivity index (χ3n) is 3.90. The van der Waals surface area contributed by atoms with Gasteiger partial charge >= 0.3 is 5.97 Å². The van der Waals surface area contributed by atoms with E-state index in [4.69, 9.17) is 0 Å². The van der Waals surface area contributed by atoms with E-state index in [0.717, 1.165) is 5.56 Å². The van der Waals surface area contributed by atoms with E-state index in [0.29, 0.717) is 11.0 Å². The molecule has 0 aliphatic carbocycles. The topological polar surface area (TPSA) is 108 Å². The first-order chi connectivity index (χ1) is 11.6. The van der Waals surface area contributed by atoms with Crippen LogP contribution in [0.5, 0.6) is 0 Å². The number of aromatic amines is 1. The predicted octanol–water partition coefficient (Wildman–Crippen LogP) is 2.15. The van der Waals surface area contributed by atoms with Crippen LogP contribution in [0.3, 0.4) is 0 Å². The number of benzene rings is 1. The van der Waals surface area contributed by atoms with E-state index >= 15 is 0 Å². The van der Waals surface area contributed by atoms with E-state index in [1.165, 1.54) is 6.33 Å². The summed E-state index contributed by atoms with van der Waals surface area (Å²) in [7, 11) is 0. The van der Waals surface area contributed by atoms with Crippen molar-refractivity contribution in [3.05, 3.63) is 60.2 Å². The minimum atomic E-state index is -0.987. The van der Waals surface area contributed by atoms with Crippen molar-refractivity contribution in [1.82, 2.24) is 20.3 Å². The highest BCUT2D eigenvalue weighted by molar-refractivity contribution is 6.03. The molecule has 3 N–H and O–H groups in total. The fourth-order valence-corrected chi connectivity index (χ4v) is 2.56. The molecule has 1 amide bonds. The van der Waals surface area contributed by atoms with E-state index < -0.39 is 23.8 Å². The van der Waals surface area contributed by atoms with Crippen LogP contribution in [0.25, 0.3) is 11.0 Å². The first-order valence-corrected chi connectivity index (χ1v) is 7.44. The largest absolute Gasteiger partial charge is 0.481 e. The number of aromatic nitrogens is 3. The second kappa shape index (κ2) is 6.49. The van der Waals surface area contributed by atoms with Gasteiger partial charge in [0.15, 0.2) is 0 Å². The van der Waals surface area contributed by atoms with Crippen molar-refractivity contribution in [2.75, 3.05) is 0 Å². The number of rotatable bonds is 5. The van der Waals surface area contributed by atoms with E-state index in [-0.39, 0.29) is 5.69 Å². The molecule has 122 valence electrons. The number of carbonyl (C=O) groups is 2. The molecular formula is C17H16N4O3. The second-order valence-corrected chi connectivity index (χ2v) is 5.45. The SMILES string of the molecule is C[C@H](C(=O)O)[C@@H](NC(=O)c1ncnc2[nH]ccc12)c1ccccc1. The van der Waals surface area contributed by atoms with Crippen LogP contribution < -0.4 is 5.32 Å². The lowest BCUT2D eigenvalue weighted by Crippen LogP contribution is -2.36. The average molecular weight is 324 g/mol. The first kappa shape index (κ1) is 15.7. The van der Waals surface area contributed by atoms with Crippen LogP contribution in [0.4, 0.5) is 0 Å². The molecule has 3 rings (SSSR count). The molecule has 0 bridgehead atoms. The Morgan fingerprint density at radius 1 is 1.17 bits per heavy atom. The lowest BCUT2D eigenvalue weighted by atomic mass is 9.94. The summed E-state index contributed by atoms with van der Waals surface area (Å²) in [5, 5.41) is 12.7. The van der Waals surface area contributed by atoms with Crippen molar-refractivity contribution in [2.45, 2.75) is 13.0 Å². The van der Waals surface area contributed by atoms with E-state index in [9.17, 15) is 14.7 Å². The maximum Gasteiger partial charge on any atom is 0.308 e. The zero-order valence-electron chi connectivity index (χ0n) is 12.9. The van der Waals surface area contributed by atoms with Crippen molar-refractivity contribution in [1.29, 1.82) is 0 Å². The minimum Gasteiger partial charge on any atom is -0.481 e. The number of hydrogen-bond acceptors (Lipinski definition) is 4. The molecular weight excluding hydrogens is 308 g/mol. The van der Waals surface area contributed by atoms with Crippen LogP contribution in [0, 0.1) is 5.92 Å². The predicted molar refractivity (Wildman–Crippen MR) is 87.3 cm³/mol. The van der Waals surface area contributed by atoms with Crippen LogP contribution in [0.2, 0.25) is 0 Å². The highest BCUT2D eigenvalue weighted by Crippen LogP contribution is 2.23. The Morgan fingerprint density at radius 2 is 1.92 bits per heavy atom. The van der Waals surface area contributed by atoms with E-state index in [1.54, 1.807) is 43.5 Å². The lowest BCUT2D eigenvalue weighted by molar-refractivity contribution is -0.142. The number of nitrogens with one attached hydrogen (secondary N) is 2. The Bertz CT molecular complexity index is 876. The number of aliphatic carboxylic acids is 1. The number of nitrogens with zero attached hydrogens (tertiary/aromatic N) is 2. The molecule has 0 aliphatic rings. The molecule has 2 heterocycles. The van der Waals surface area contributed by atoms with E-state index in [1.807, 2.05) is 6.07 Å². The molecule has 2 aromatic heterocycles. The molecule has 0 aliphatic heterocycles. The van der Waals surface area contributed by atoms with Gasteiger partial charge in [-0.05, 0) is 18.6 Å². The number of carbonyl (C=O) groups excluding carboxylic acids is 1. The summed E-state index contributed by atoms with van der Waals surface area (Å²) in [6.07, 6.45) is 2.97. The van der Waals surface area contributed by atoms with Crippen LogP contribution in [0.1, 0.15) is 29.0 Å². The zero-order valence-corrected chi connectivity index (χ0v) is 12.9. The van der Waals surface area contributed by atoms with Crippen LogP contribution in [-0.4, -0.2) is 31.9 Å². The van der Waals surface area contributed by atoms with Gasteiger partial charge in [0.1, 0.15) is 17.7 Å². The van der Waals surface area contributed by atoms with Crippen molar-refractivity contribution in [3.63, 3.8) is 0 Å². The van der Waals surface area contributed by atoms with Gasteiger partial charge in [-0.2, -0.15) is 0 Å². The Hall–Kier alpha value is -3.22. The summed E-state index contributed by atoms with van der Waals surface area (Å²) >= 11 is 0. The van der Waals surface area contributed by atoms with Gasteiger partial charge in [-0.15, -0.1) is 0 Å². The van der Waals surface area contributed by atoms with Crippen LogP contribution in [-0.2, 0) is 4.79 Å². The number of carboxylic acids is 1. The number of carboxylic acid groups (broad SMARTS) is 1. The molecule has 0 saturated carbocycles. The van der Waals surface area contributed by atoms with Gasteiger partial charge in [0.2, 0.25) is 0 Å². The van der Waals surface area contributed by atoms with Crippen molar-refractivity contribution in [3.8, 4) is 0 Å². The van der Waals surface area contributed by atoms with Crippen LogP contribution >= 0.6 is 0 Å². The number of amides is 1. The number of H-pyrrole nitrogens is 1. The molecule has 7 nitrogen and oxygen atoms in total. The quantitative estimate of drug-likeness (QED) is 0.666. The zero-order chi connectivity index (χ0) is 17.1. The summed E-state index contributed by atoms with van der Waals surface area (Å²) in [5.41, 5.74) is 1.48. The highest BCUT2D eigenvalue weighted by Gasteiger charge is 2.28. The van der Waals surface area contributed by atoms with Crippen molar-refractivity contribution in [2.24, 2.45) is 5.92 Å². The Balaban J connectivity index is 1.94. The van der Waals surface area contributed by atoms with Gasteiger partial charge in [0, 0.05) is 6.20 Å². The standard InChI is InChI=1S/C17H16N4O3/c1-10(17(23)24)13(11-5-3-2-4-6-11)21-16(22)14-12-7-8-18-15(12)20-9-19-14/h2-10,13H,1H3,(H,21,22)(H,23,24)(H,18,19,20)/t10-,13+/m0/s1.